The molecule has 0 spiro atoms. The van der Waals surface area contributed by atoms with Gasteiger partial charge in [0.15, 0.2) is 6.10 Å². The number of carbonyl (C=O) groups excluding carboxylic acids is 5. The Hall–Kier alpha value is -5.22. The van der Waals surface area contributed by atoms with Gasteiger partial charge in [0.05, 0.1) is 49.6 Å². The molecule has 0 saturated carbocycles. The summed E-state index contributed by atoms with van der Waals surface area (Å²) in [4.78, 5) is 88.5. The topological polar surface area (TPSA) is 270 Å². The Morgan fingerprint density at radius 2 is 1.79 bits per heavy atom. The van der Waals surface area contributed by atoms with Crippen molar-refractivity contribution in [3.8, 4) is 0 Å². The number of benzene rings is 1. The summed E-state index contributed by atoms with van der Waals surface area (Å²) in [6.07, 6.45) is 4.76. The van der Waals surface area contributed by atoms with Crippen LogP contribution in [0.25, 0.3) is 0 Å². The van der Waals surface area contributed by atoms with Crippen molar-refractivity contribution in [2.75, 3.05) is 65.5 Å². The Morgan fingerprint density at radius 1 is 1.06 bits per heavy atom. The lowest BCUT2D eigenvalue weighted by molar-refractivity contribution is -0.147. The predicted molar refractivity (Wildman–Crippen MR) is 271 cm³/mol. The zero-order valence-electron chi connectivity index (χ0n) is 42.8. The van der Waals surface area contributed by atoms with Crippen molar-refractivity contribution in [1.29, 1.82) is 0 Å². The number of halogens is 1. The third kappa shape index (κ3) is 20.1. The quantitative estimate of drug-likeness (QED) is 0.0212. The van der Waals surface area contributed by atoms with Crippen LogP contribution in [0.2, 0.25) is 0 Å². The summed E-state index contributed by atoms with van der Waals surface area (Å²) < 4.78 is 31.5. The number of likely N-dealkylation sites (tertiary alicyclic amines) is 1. The van der Waals surface area contributed by atoms with Crippen LogP contribution in [-0.4, -0.2) is 140 Å². The number of carboxylic acid groups (broad SMARTS) is 1. The van der Waals surface area contributed by atoms with E-state index in [2.05, 4.69) is 39.8 Å². The van der Waals surface area contributed by atoms with Crippen LogP contribution >= 0.6 is 11.3 Å². The Labute approximate surface area is 422 Å². The van der Waals surface area contributed by atoms with Gasteiger partial charge in [-0.25, -0.2) is 14.2 Å². The maximum atomic E-state index is 15.1. The minimum absolute atomic E-state index is 0.00393. The normalized spacial score (nSPS) is 16.2. The molecule has 1 fully saturated rings. The number of unbranched alkanes of at least 4 members (excludes halogenated alkanes) is 3. The monoisotopic (exact) mass is 1020 g/mol. The van der Waals surface area contributed by atoms with Gasteiger partial charge in [-0.1, -0.05) is 71.1 Å². The maximum absolute atomic E-state index is 15.1. The van der Waals surface area contributed by atoms with Crippen molar-refractivity contribution in [3.05, 3.63) is 57.8 Å². The lowest BCUT2D eigenvalue weighted by Crippen LogP contribution is -2.58. The van der Waals surface area contributed by atoms with Gasteiger partial charge >= 0.3 is 12.1 Å². The molecule has 5 amide bonds. The molecule has 0 bridgehead atoms. The predicted octanol–water partition coefficient (Wildman–Crippen LogP) is 5.30. The van der Waals surface area contributed by atoms with E-state index in [9.17, 15) is 33.5 Å². The van der Waals surface area contributed by atoms with Gasteiger partial charge in [0.2, 0.25) is 17.7 Å². The first-order valence-electron chi connectivity index (χ1n) is 24.8. The highest BCUT2D eigenvalue weighted by Gasteiger charge is 2.39. The molecule has 2 heterocycles. The number of piperidine rings is 1. The number of aromatic nitrogens is 1. The molecule has 9 N–H and O–H groups in total. The van der Waals surface area contributed by atoms with Crippen molar-refractivity contribution < 1.29 is 52.5 Å². The number of ether oxygens (including phenoxy) is 3. The van der Waals surface area contributed by atoms with Gasteiger partial charge in [-0.3, -0.25) is 28.9 Å². The molecule has 2 aromatic rings. The fraction of sp³-hybridized carbons (Fsp3) is 0.660. The second kappa shape index (κ2) is 30.6. The molecule has 1 aromatic heterocycles. The molecule has 398 valence electrons. The summed E-state index contributed by atoms with van der Waals surface area (Å²) in [5.41, 5.74) is 10.7. The number of carboxylic acids is 1. The van der Waals surface area contributed by atoms with Crippen LogP contribution in [-0.2, 0) is 39.8 Å². The van der Waals surface area contributed by atoms with Gasteiger partial charge in [0.25, 0.3) is 5.91 Å². The lowest BCUT2D eigenvalue weighted by atomic mass is 9.84. The molecule has 1 aromatic carbocycles. The Balaban J connectivity index is 1.98. The molecule has 1 aliphatic heterocycles. The Morgan fingerprint density at radius 3 is 2.44 bits per heavy atom. The molecular formula is C50H80FN9O10S. The zero-order chi connectivity index (χ0) is 52.7. The average Bonchev–Trinajstić information content (AvgIpc) is 3.83. The first-order chi connectivity index (χ1) is 33.7. The zero-order valence-corrected chi connectivity index (χ0v) is 43.6. The summed E-state index contributed by atoms with van der Waals surface area (Å²) in [5, 5.41) is 22.9. The number of nitrogens with zero attached hydrogens (tertiary/aromatic N) is 3. The van der Waals surface area contributed by atoms with E-state index >= 15 is 4.79 Å². The van der Waals surface area contributed by atoms with Crippen LogP contribution in [0.4, 0.5) is 14.9 Å². The van der Waals surface area contributed by atoms with Gasteiger partial charge in [0.1, 0.15) is 29.3 Å². The van der Waals surface area contributed by atoms with Crippen LogP contribution < -0.4 is 32.7 Å². The summed E-state index contributed by atoms with van der Waals surface area (Å²) >= 11 is 1.06. The van der Waals surface area contributed by atoms with Gasteiger partial charge in [-0.2, -0.15) is 0 Å². The fourth-order valence-corrected chi connectivity index (χ4v) is 9.03. The third-order valence-corrected chi connectivity index (χ3v) is 13.6. The smallest absolute Gasteiger partial charge is 0.407 e. The average molecular weight is 1020 g/mol. The van der Waals surface area contributed by atoms with E-state index in [0.29, 0.717) is 36.9 Å². The van der Waals surface area contributed by atoms with E-state index in [4.69, 9.17) is 25.7 Å². The molecule has 3 rings (SSSR count). The van der Waals surface area contributed by atoms with Crippen LogP contribution in [0, 0.1) is 17.2 Å². The number of nitrogen functional groups attached to an aromatic ring is 1. The highest BCUT2D eigenvalue weighted by molar-refractivity contribution is 7.09. The van der Waals surface area contributed by atoms with E-state index in [1.54, 1.807) is 17.9 Å². The maximum Gasteiger partial charge on any atom is 0.407 e. The van der Waals surface area contributed by atoms with Crippen LogP contribution in [0.5, 0.6) is 0 Å². The van der Waals surface area contributed by atoms with Crippen LogP contribution in [0.1, 0.15) is 133 Å². The molecule has 1 saturated heterocycles. The van der Waals surface area contributed by atoms with E-state index < -0.39 is 53.4 Å². The molecule has 6 atom stereocenters. The van der Waals surface area contributed by atoms with Crippen LogP contribution in [0.15, 0.2) is 35.7 Å². The Bertz CT molecular complexity index is 2060. The fourth-order valence-electron chi connectivity index (χ4n) is 8.19. The van der Waals surface area contributed by atoms with E-state index in [1.807, 2.05) is 25.8 Å². The number of likely N-dealkylation sites (N-methyl/N-ethyl adjacent to an activating group) is 1. The largest absolute Gasteiger partial charge is 0.481 e. The number of rotatable bonds is 32. The SMILES string of the molecule is C=C(C)[C@@H](C[C@@H](OC(=O)NCCOCCOCNC(=O)CN)c1nc(C(=O)N[C@@H](Cc2ccc(N)c(F)c2)CC(C)(C)C(=O)O)cs1)N(CCCCCC)C(=O)[C@@H](NC(=O)[C@H]1CCCCN1C)[C@@H](C)CC. The number of amides is 5. The first kappa shape index (κ1) is 60.1. The number of hydrogen-bond donors (Lipinski definition) is 7. The van der Waals surface area contributed by atoms with Crippen molar-refractivity contribution >= 4 is 52.7 Å². The van der Waals surface area contributed by atoms with Crippen LogP contribution in [0.3, 0.4) is 0 Å². The number of thiazole rings is 1. The minimum atomic E-state index is -1.27. The van der Waals surface area contributed by atoms with Crippen molar-refractivity contribution in [2.24, 2.45) is 17.1 Å². The molecule has 19 nitrogen and oxygen atoms in total. The number of anilines is 1. The second-order valence-corrected chi connectivity index (χ2v) is 19.9. The molecule has 21 heteroatoms. The number of carbonyl (C=O) groups is 6. The number of aliphatic carboxylic acids is 1. The number of nitrogens with one attached hydrogen (secondary N) is 4. The van der Waals surface area contributed by atoms with Crippen molar-refractivity contribution in [3.63, 3.8) is 0 Å². The van der Waals surface area contributed by atoms with Crippen molar-refractivity contribution in [1.82, 2.24) is 36.1 Å². The van der Waals surface area contributed by atoms with E-state index in [-0.39, 0.29) is 105 Å². The first-order valence-corrected chi connectivity index (χ1v) is 25.7. The third-order valence-electron chi connectivity index (χ3n) is 12.7. The summed E-state index contributed by atoms with van der Waals surface area (Å²) in [6, 6.07) is 1.55. The molecular weight excluding hydrogens is 938 g/mol. The van der Waals surface area contributed by atoms with Gasteiger partial charge in [0, 0.05) is 30.9 Å². The molecule has 71 heavy (non-hydrogen) atoms. The second-order valence-electron chi connectivity index (χ2n) is 19.0. The van der Waals surface area contributed by atoms with E-state index in [0.717, 1.165) is 50.0 Å². The summed E-state index contributed by atoms with van der Waals surface area (Å²) in [6.45, 7) is 16.6. The minimum Gasteiger partial charge on any atom is -0.481 e. The number of alkyl carbamates (subject to hydrolysis) is 1. The highest BCUT2D eigenvalue weighted by atomic mass is 32.1. The number of hydrogen-bond acceptors (Lipinski definition) is 14. The Kier molecular flexibility index (Phi) is 25.9. The van der Waals surface area contributed by atoms with Gasteiger partial charge in [-0.05, 0) is 90.1 Å². The highest BCUT2D eigenvalue weighted by Crippen LogP contribution is 2.32. The summed E-state index contributed by atoms with van der Waals surface area (Å²) in [7, 11) is 1.92. The molecule has 1 aliphatic rings. The molecule has 0 radical (unpaired) electrons. The van der Waals surface area contributed by atoms with Crippen molar-refractivity contribution in [2.45, 2.75) is 142 Å². The molecule has 0 unspecified atom stereocenters. The van der Waals surface area contributed by atoms with Gasteiger partial charge < -0.3 is 57.0 Å². The lowest BCUT2D eigenvalue weighted by Gasteiger charge is -2.39. The standard InChI is InChI=1S/C50H80FN9O10S/c1-9-11-12-14-21-60(47(64)43(33(5)10-2)58-45(63)39-16-13-15-20-59(39)8)40(32(3)4)27-41(70-49(67)54-19-22-68-23-24-69-31-55-42(61)29-52)46-57-38(30-71-46)44(62)56-35(28-50(6,7)48(65)66)25-34-17-18-37(53)36(51)26-34/h17-18,26,30,33,35,39-41,43H,3,9-16,19-25,27-29,31,52-53H2,1-2,4-8H3,(H,54,67)(H,55,61)(H,56,62)(H,58,63)(H,65,66)/t33-,35-,39+,40+,41+,43-/m0/s1. The summed E-state index contributed by atoms with van der Waals surface area (Å²) in [5.74, 6) is -3.43. The van der Waals surface area contributed by atoms with Gasteiger partial charge in [-0.15, -0.1) is 11.3 Å². The number of nitrogens with two attached hydrogens (primary N) is 2. The van der Waals surface area contributed by atoms with E-state index in [1.165, 1.54) is 31.4 Å². The molecule has 0 aliphatic carbocycles.